The molecule has 1 aromatic rings. The number of fused-ring (bicyclic) bond motifs is 1. The first kappa shape index (κ1) is 11.8. The molecule has 2 unspecified atom stereocenters. The monoisotopic (exact) mass is 261 g/mol. The van der Waals surface area contributed by atoms with Crippen molar-refractivity contribution in [2.75, 3.05) is 4.90 Å². The van der Waals surface area contributed by atoms with E-state index in [0.29, 0.717) is 0 Å². The highest BCUT2D eigenvalue weighted by Crippen LogP contribution is 2.63. The van der Waals surface area contributed by atoms with Crippen LogP contribution >= 0.6 is 0 Å². The molecule has 19 heavy (non-hydrogen) atoms. The zero-order valence-corrected chi connectivity index (χ0v) is 10.3. The number of carbonyl (C=O) groups is 3. The standard InChI is InChI=1S/C12H11N3O4/c1-12(2)5-6(12)10(17)15(9(5)16)8-7(11(18)19)13-3-4-14-8/h3-6H,1-2H3,(H,18,19). The Bertz CT molecular complexity index is 601. The molecular weight excluding hydrogens is 250 g/mol. The molecule has 1 saturated carbocycles. The number of hydrogen-bond donors (Lipinski definition) is 1. The first-order valence-electron chi connectivity index (χ1n) is 5.79. The number of anilines is 1. The van der Waals surface area contributed by atoms with Crippen molar-refractivity contribution in [1.82, 2.24) is 9.97 Å². The van der Waals surface area contributed by atoms with Crippen molar-refractivity contribution >= 4 is 23.6 Å². The molecule has 0 bridgehead atoms. The van der Waals surface area contributed by atoms with Gasteiger partial charge in [0.1, 0.15) is 0 Å². The first-order chi connectivity index (χ1) is 8.87. The molecule has 98 valence electrons. The highest BCUT2D eigenvalue weighted by Gasteiger charge is 2.73. The lowest BCUT2D eigenvalue weighted by molar-refractivity contribution is -0.125. The topological polar surface area (TPSA) is 100 Å². The van der Waals surface area contributed by atoms with Gasteiger partial charge >= 0.3 is 5.97 Å². The fourth-order valence-corrected chi connectivity index (χ4v) is 2.80. The minimum atomic E-state index is -1.32. The number of amides is 2. The van der Waals surface area contributed by atoms with E-state index in [2.05, 4.69) is 9.97 Å². The van der Waals surface area contributed by atoms with E-state index in [9.17, 15) is 14.4 Å². The number of rotatable bonds is 2. The van der Waals surface area contributed by atoms with Crippen molar-refractivity contribution in [3.8, 4) is 0 Å². The molecule has 3 rings (SSSR count). The van der Waals surface area contributed by atoms with Gasteiger partial charge in [-0.15, -0.1) is 0 Å². The van der Waals surface area contributed by atoms with Crippen molar-refractivity contribution in [2.45, 2.75) is 13.8 Å². The summed E-state index contributed by atoms with van der Waals surface area (Å²) >= 11 is 0. The van der Waals surface area contributed by atoms with Gasteiger partial charge in [0.2, 0.25) is 11.8 Å². The Morgan fingerprint density at radius 1 is 1.21 bits per heavy atom. The molecule has 2 aliphatic rings. The predicted molar refractivity (Wildman–Crippen MR) is 62.2 cm³/mol. The number of aromatic carboxylic acids is 1. The van der Waals surface area contributed by atoms with E-state index in [-0.39, 0.29) is 40.6 Å². The fraction of sp³-hybridized carbons (Fsp3) is 0.417. The summed E-state index contributed by atoms with van der Waals surface area (Å²) in [6, 6.07) is 0. The van der Waals surface area contributed by atoms with E-state index in [1.165, 1.54) is 12.4 Å². The minimum absolute atomic E-state index is 0.187. The number of carbonyl (C=O) groups excluding carboxylic acids is 2. The summed E-state index contributed by atoms with van der Waals surface area (Å²) in [7, 11) is 0. The Morgan fingerprint density at radius 2 is 1.74 bits per heavy atom. The number of carboxylic acid groups (broad SMARTS) is 1. The van der Waals surface area contributed by atoms with Gasteiger partial charge in [-0.1, -0.05) is 13.8 Å². The van der Waals surface area contributed by atoms with Gasteiger partial charge in [-0.3, -0.25) is 9.59 Å². The van der Waals surface area contributed by atoms with E-state index in [1.54, 1.807) is 0 Å². The van der Waals surface area contributed by atoms with Gasteiger partial charge in [-0.25, -0.2) is 19.7 Å². The van der Waals surface area contributed by atoms with Gasteiger partial charge in [0.05, 0.1) is 11.8 Å². The van der Waals surface area contributed by atoms with Gasteiger partial charge in [0.25, 0.3) is 0 Å². The number of aromatic nitrogens is 2. The second-order valence-corrected chi connectivity index (χ2v) is 5.32. The summed E-state index contributed by atoms with van der Waals surface area (Å²) < 4.78 is 0. The molecule has 7 nitrogen and oxygen atoms in total. The number of nitrogens with zero attached hydrogens (tertiary/aromatic N) is 3. The summed E-state index contributed by atoms with van der Waals surface area (Å²) in [6.07, 6.45) is 2.47. The smallest absolute Gasteiger partial charge is 0.358 e. The van der Waals surface area contributed by atoms with Gasteiger partial charge in [0.15, 0.2) is 11.5 Å². The molecule has 2 fully saturated rings. The van der Waals surface area contributed by atoms with Crippen molar-refractivity contribution in [3.05, 3.63) is 18.1 Å². The maximum atomic E-state index is 12.2. The van der Waals surface area contributed by atoms with Crippen LogP contribution in [0.5, 0.6) is 0 Å². The van der Waals surface area contributed by atoms with Crippen LogP contribution in [0.4, 0.5) is 5.82 Å². The molecule has 2 amide bonds. The Labute approximate surface area is 108 Å². The third-order valence-corrected chi connectivity index (χ3v) is 3.89. The molecule has 1 aromatic heterocycles. The van der Waals surface area contributed by atoms with E-state index in [1.807, 2.05) is 13.8 Å². The zero-order chi connectivity index (χ0) is 13.9. The summed E-state index contributed by atoms with van der Waals surface area (Å²) in [5.41, 5.74) is -0.723. The second kappa shape index (κ2) is 3.37. The lowest BCUT2D eigenvalue weighted by atomic mass is 10.1. The zero-order valence-electron chi connectivity index (χ0n) is 10.3. The van der Waals surface area contributed by atoms with Crippen LogP contribution < -0.4 is 4.90 Å². The van der Waals surface area contributed by atoms with Crippen molar-refractivity contribution in [3.63, 3.8) is 0 Å². The molecule has 2 heterocycles. The lowest BCUT2D eigenvalue weighted by Crippen LogP contribution is -2.38. The molecule has 0 radical (unpaired) electrons. The molecule has 1 aliphatic carbocycles. The maximum absolute atomic E-state index is 12.2. The average molecular weight is 261 g/mol. The summed E-state index contributed by atoms with van der Waals surface area (Å²) in [5.74, 6) is -3.02. The van der Waals surface area contributed by atoms with Crippen LogP contribution in [0.3, 0.4) is 0 Å². The van der Waals surface area contributed by atoms with Crippen LogP contribution in [-0.2, 0) is 9.59 Å². The van der Waals surface area contributed by atoms with Gasteiger partial charge < -0.3 is 5.11 Å². The molecule has 7 heteroatoms. The number of imide groups is 1. The van der Waals surface area contributed by atoms with Crippen LogP contribution in [0.1, 0.15) is 24.3 Å². The van der Waals surface area contributed by atoms with Crippen LogP contribution in [0.2, 0.25) is 0 Å². The van der Waals surface area contributed by atoms with Crippen molar-refractivity contribution in [1.29, 1.82) is 0 Å². The van der Waals surface area contributed by atoms with Crippen molar-refractivity contribution < 1.29 is 19.5 Å². The number of piperidine rings is 1. The highest BCUT2D eigenvalue weighted by atomic mass is 16.4. The van der Waals surface area contributed by atoms with E-state index in [4.69, 9.17) is 5.11 Å². The van der Waals surface area contributed by atoms with Crippen LogP contribution in [0.15, 0.2) is 12.4 Å². The fourth-order valence-electron chi connectivity index (χ4n) is 2.80. The number of carboxylic acids is 1. The van der Waals surface area contributed by atoms with E-state index < -0.39 is 5.97 Å². The SMILES string of the molecule is CC1(C)C2C(=O)N(c3nccnc3C(=O)O)C(=O)C21. The lowest BCUT2D eigenvalue weighted by Gasteiger charge is -2.20. The third-order valence-electron chi connectivity index (χ3n) is 3.89. The van der Waals surface area contributed by atoms with E-state index >= 15 is 0 Å². The third kappa shape index (κ3) is 1.35. The summed E-state index contributed by atoms with van der Waals surface area (Å²) in [6.45, 7) is 3.70. The molecular formula is C12H11N3O4. The minimum Gasteiger partial charge on any atom is -0.476 e. The molecule has 2 atom stereocenters. The highest BCUT2D eigenvalue weighted by molar-refractivity contribution is 6.26. The number of hydrogen-bond acceptors (Lipinski definition) is 5. The molecule has 0 spiro atoms. The average Bonchev–Trinajstić information content (AvgIpc) is 2.80. The quantitative estimate of drug-likeness (QED) is 0.769. The van der Waals surface area contributed by atoms with Crippen LogP contribution in [0.25, 0.3) is 0 Å². The van der Waals surface area contributed by atoms with E-state index in [0.717, 1.165) is 4.90 Å². The Balaban J connectivity index is 2.05. The van der Waals surface area contributed by atoms with Crippen LogP contribution in [0, 0.1) is 17.3 Å². The normalized spacial score (nSPS) is 27.4. The summed E-state index contributed by atoms with van der Waals surface area (Å²) in [4.78, 5) is 43.8. The molecule has 1 saturated heterocycles. The second-order valence-electron chi connectivity index (χ2n) is 5.32. The summed E-state index contributed by atoms with van der Waals surface area (Å²) in [5, 5.41) is 9.03. The van der Waals surface area contributed by atoms with Gasteiger partial charge in [0, 0.05) is 12.4 Å². The predicted octanol–water partition coefficient (Wildman–Crippen LogP) is 0.320. The molecule has 1 N–H and O–H groups in total. The first-order valence-corrected chi connectivity index (χ1v) is 5.79. The Hall–Kier alpha value is -2.31. The Kier molecular flexibility index (Phi) is 2.09. The maximum Gasteiger partial charge on any atom is 0.358 e. The molecule has 1 aliphatic heterocycles. The van der Waals surface area contributed by atoms with Gasteiger partial charge in [-0.2, -0.15) is 0 Å². The largest absolute Gasteiger partial charge is 0.476 e. The van der Waals surface area contributed by atoms with Gasteiger partial charge in [-0.05, 0) is 5.41 Å². The van der Waals surface area contributed by atoms with Crippen LogP contribution in [-0.4, -0.2) is 32.9 Å². The van der Waals surface area contributed by atoms with Crippen molar-refractivity contribution in [2.24, 2.45) is 17.3 Å². The Morgan fingerprint density at radius 3 is 2.26 bits per heavy atom. The molecule has 0 aromatic carbocycles.